The summed E-state index contributed by atoms with van der Waals surface area (Å²) < 4.78 is 5.09. The minimum Gasteiger partial charge on any atom is -0.480 e. The third-order valence-electron chi connectivity index (χ3n) is 3.31. The number of nitrogens with one attached hydrogen (secondary N) is 1. The smallest absolute Gasteiger partial charge is 0.326 e. The molecule has 1 saturated heterocycles. The Hall–Kier alpha value is -1.30. The van der Waals surface area contributed by atoms with Gasteiger partial charge in [0.15, 0.2) is 0 Å². The van der Waals surface area contributed by atoms with Gasteiger partial charge in [0, 0.05) is 26.8 Å². The fourth-order valence-corrected chi connectivity index (χ4v) is 2.12. The molecule has 6 nitrogen and oxygen atoms in total. The first kappa shape index (κ1) is 14.8. The van der Waals surface area contributed by atoms with Gasteiger partial charge in [-0.3, -0.25) is 0 Å². The van der Waals surface area contributed by atoms with E-state index in [1.807, 2.05) is 0 Å². The first-order valence-electron chi connectivity index (χ1n) is 6.35. The average molecular weight is 258 g/mol. The van der Waals surface area contributed by atoms with Gasteiger partial charge in [-0.1, -0.05) is 6.92 Å². The summed E-state index contributed by atoms with van der Waals surface area (Å²) in [6, 6.07) is -1.07. The molecule has 0 radical (unpaired) electrons. The van der Waals surface area contributed by atoms with Gasteiger partial charge in [0.25, 0.3) is 0 Å². The number of amides is 2. The van der Waals surface area contributed by atoms with Gasteiger partial charge in [-0.15, -0.1) is 0 Å². The summed E-state index contributed by atoms with van der Waals surface area (Å²) in [6.45, 7) is 3.79. The number of urea groups is 1. The number of nitrogens with zero attached hydrogens (tertiary/aromatic N) is 1. The largest absolute Gasteiger partial charge is 0.480 e. The lowest BCUT2D eigenvalue weighted by atomic mass is 9.98. The molecule has 0 unspecified atom stereocenters. The fraction of sp³-hybridized carbons (Fsp3) is 0.833. The molecular weight excluding hydrogens is 236 g/mol. The number of likely N-dealkylation sites (tertiary alicyclic amines) is 1. The molecule has 1 rings (SSSR count). The second kappa shape index (κ2) is 7.20. The van der Waals surface area contributed by atoms with Crippen molar-refractivity contribution in [1.82, 2.24) is 10.2 Å². The predicted octanol–water partition coefficient (Wildman–Crippen LogP) is 0.918. The van der Waals surface area contributed by atoms with Crippen LogP contribution in [0.3, 0.4) is 0 Å². The Morgan fingerprint density at radius 3 is 2.50 bits per heavy atom. The van der Waals surface area contributed by atoms with E-state index in [1.54, 1.807) is 18.9 Å². The van der Waals surface area contributed by atoms with Crippen LogP contribution in [-0.2, 0) is 9.53 Å². The van der Waals surface area contributed by atoms with E-state index in [2.05, 4.69) is 5.32 Å². The van der Waals surface area contributed by atoms with Crippen LogP contribution in [0.1, 0.15) is 26.2 Å². The zero-order valence-electron chi connectivity index (χ0n) is 11.0. The van der Waals surface area contributed by atoms with Crippen molar-refractivity contribution in [1.29, 1.82) is 0 Å². The molecule has 0 aliphatic carbocycles. The summed E-state index contributed by atoms with van der Waals surface area (Å²) in [4.78, 5) is 24.4. The van der Waals surface area contributed by atoms with E-state index >= 15 is 0 Å². The molecule has 1 aliphatic heterocycles. The van der Waals surface area contributed by atoms with Gasteiger partial charge in [-0.25, -0.2) is 9.59 Å². The Balaban J connectivity index is 2.38. The monoisotopic (exact) mass is 258 g/mol. The van der Waals surface area contributed by atoms with E-state index in [1.165, 1.54) is 0 Å². The number of ether oxygens (including phenoxy) is 1. The predicted molar refractivity (Wildman–Crippen MR) is 66.4 cm³/mol. The fourth-order valence-electron chi connectivity index (χ4n) is 2.12. The highest BCUT2D eigenvalue weighted by Gasteiger charge is 2.25. The van der Waals surface area contributed by atoms with Gasteiger partial charge in [0.1, 0.15) is 6.04 Å². The molecule has 2 amide bonds. The van der Waals surface area contributed by atoms with Crippen molar-refractivity contribution >= 4 is 12.0 Å². The van der Waals surface area contributed by atoms with E-state index in [4.69, 9.17) is 9.84 Å². The summed E-state index contributed by atoms with van der Waals surface area (Å²) in [6.07, 6.45) is 2.21. The number of piperidine rings is 1. The molecule has 2 N–H and O–H groups in total. The van der Waals surface area contributed by atoms with E-state index in [-0.39, 0.29) is 6.03 Å². The minimum atomic E-state index is -0.986. The number of rotatable bonds is 5. The van der Waals surface area contributed by atoms with Crippen molar-refractivity contribution in [2.45, 2.75) is 32.2 Å². The molecule has 6 heteroatoms. The van der Waals surface area contributed by atoms with Gasteiger partial charge < -0.3 is 20.1 Å². The topological polar surface area (TPSA) is 78.9 Å². The van der Waals surface area contributed by atoms with Crippen LogP contribution in [0, 0.1) is 5.92 Å². The lowest BCUT2D eigenvalue weighted by Crippen LogP contribution is -2.50. The van der Waals surface area contributed by atoms with Crippen LogP contribution in [0.4, 0.5) is 4.79 Å². The SMILES string of the molecule is CC[C@@H](NC(=O)N1CCC(COC)CC1)C(=O)O. The van der Waals surface area contributed by atoms with Gasteiger partial charge in [-0.2, -0.15) is 0 Å². The van der Waals surface area contributed by atoms with Crippen molar-refractivity contribution in [3.05, 3.63) is 0 Å². The third-order valence-corrected chi connectivity index (χ3v) is 3.31. The van der Waals surface area contributed by atoms with E-state index < -0.39 is 12.0 Å². The summed E-state index contributed by atoms with van der Waals surface area (Å²) in [5.41, 5.74) is 0. The highest BCUT2D eigenvalue weighted by atomic mass is 16.5. The maximum Gasteiger partial charge on any atom is 0.326 e. The number of methoxy groups -OCH3 is 1. The first-order valence-corrected chi connectivity index (χ1v) is 6.35. The molecule has 1 heterocycles. The lowest BCUT2D eigenvalue weighted by molar-refractivity contribution is -0.139. The molecule has 1 atom stereocenters. The molecule has 0 spiro atoms. The molecule has 0 aromatic carbocycles. The van der Waals surface area contributed by atoms with E-state index in [0.717, 1.165) is 19.4 Å². The van der Waals surface area contributed by atoms with Crippen molar-refractivity contribution in [2.75, 3.05) is 26.8 Å². The van der Waals surface area contributed by atoms with Gasteiger partial charge in [0.05, 0.1) is 0 Å². The van der Waals surface area contributed by atoms with Gasteiger partial charge in [-0.05, 0) is 25.2 Å². The molecule has 0 saturated carbocycles. The Labute approximate surface area is 107 Å². The van der Waals surface area contributed by atoms with Crippen LogP contribution < -0.4 is 5.32 Å². The van der Waals surface area contributed by atoms with Gasteiger partial charge >= 0.3 is 12.0 Å². The molecule has 1 aliphatic rings. The minimum absolute atomic E-state index is 0.278. The zero-order chi connectivity index (χ0) is 13.5. The molecule has 0 aromatic heterocycles. The van der Waals surface area contributed by atoms with Crippen molar-refractivity contribution in [3.8, 4) is 0 Å². The number of carbonyl (C=O) groups excluding carboxylic acids is 1. The Morgan fingerprint density at radius 2 is 2.06 bits per heavy atom. The summed E-state index contributed by atoms with van der Waals surface area (Å²) in [7, 11) is 1.68. The Kier molecular flexibility index (Phi) is 5.91. The normalized spacial score (nSPS) is 18.4. The maximum absolute atomic E-state index is 11.9. The summed E-state index contributed by atoms with van der Waals surface area (Å²) in [5, 5.41) is 11.4. The van der Waals surface area contributed by atoms with Crippen molar-refractivity contribution in [2.24, 2.45) is 5.92 Å². The van der Waals surface area contributed by atoms with Crippen LogP contribution in [0.5, 0.6) is 0 Å². The second-order valence-electron chi connectivity index (χ2n) is 4.63. The highest BCUT2D eigenvalue weighted by molar-refractivity contribution is 5.82. The first-order chi connectivity index (χ1) is 8.58. The van der Waals surface area contributed by atoms with Crippen LogP contribution in [0.25, 0.3) is 0 Å². The number of carboxylic acids is 1. The second-order valence-corrected chi connectivity index (χ2v) is 4.63. The van der Waals surface area contributed by atoms with Crippen LogP contribution in [0.15, 0.2) is 0 Å². The zero-order valence-corrected chi connectivity index (χ0v) is 11.0. The number of hydrogen-bond donors (Lipinski definition) is 2. The van der Waals surface area contributed by atoms with Crippen LogP contribution in [-0.4, -0.2) is 54.9 Å². The Bertz CT molecular complexity index is 288. The van der Waals surface area contributed by atoms with Crippen LogP contribution in [0.2, 0.25) is 0 Å². The number of aliphatic carboxylic acids is 1. The molecule has 0 aromatic rings. The molecular formula is C12H22N2O4. The van der Waals surface area contributed by atoms with E-state index in [0.29, 0.717) is 25.4 Å². The van der Waals surface area contributed by atoms with E-state index in [9.17, 15) is 9.59 Å². The molecule has 18 heavy (non-hydrogen) atoms. The molecule has 104 valence electrons. The molecule has 1 fully saturated rings. The lowest BCUT2D eigenvalue weighted by Gasteiger charge is -2.32. The van der Waals surface area contributed by atoms with Crippen molar-refractivity contribution in [3.63, 3.8) is 0 Å². The van der Waals surface area contributed by atoms with Crippen LogP contribution >= 0.6 is 0 Å². The summed E-state index contributed by atoms with van der Waals surface area (Å²) >= 11 is 0. The Morgan fingerprint density at radius 1 is 1.44 bits per heavy atom. The summed E-state index contributed by atoms with van der Waals surface area (Å²) in [5.74, 6) is -0.486. The number of hydrogen-bond acceptors (Lipinski definition) is 3. The third kappa shape index (κ3) is 4.18. The number of carbonyl (C=O) groups is 2. The van der Waals surface area contributed by atoms with Gasteiger partial charge in [0.2, 0.25) is 0 Å². The quantitative estimate of drug-likeness (QED) is 0.768. The maximum atomic E-state index is 11.9. The standard InChI is InChI=1S/C12H22N2O4/c1-3-10(11(15)16)13-12(17)14-6-4-9(5-7-14)8-18-2/h9-10H,3-8H2,1-2H3,(H,13,17)(H,15,16)/t10-/m1/s1. The number of carboxylic acid groups (broad SMARTS) is 1. The average Bonchev–Trinajstić information content (AvgIpc) is 2.36. The van der Waals surface area contributed by atoms with Crippen molar-refractivity contribution < 1.29 is 19.4 Å². The molecule has 0 bridgehead atoms. The highest BCUT2D eigenvalue weighted by Crippen LogP contribution is 2.17.